The van der Waals surface area contributed by atoms with Gasteiger partial charge in [0.05, 0.1) is 6.54 Å². The SMILES string of the molecule is C[C@H](NCC(=O)Nc1c(F)cccc1F)c1cccc2ccccc12. The number of carbonyl (C=O) groups is 1. The first-order chi connectivity index (χ1) is 12.1. The van der Waals surface area contributed by atoms with Gasteiger partial charge in [0.2, 0.25) is 5.91 Å². The van der Waals surface area contributed by atoms with Crippen LogP contribution in [0.3, 0.4) is 0 Å². The molecule has 0 aliphatic carbocycles. The van der Waals surface area contributed by atoms with Crippen molar-refractivity contribution < 1.29 is 13.6 Å². The molecule has 0 unspecified atom stereocenters. The fourth-order valence-corrected chi connectivity index (χ4v) is 2.78. The number of rotatable bonds is 5. The van der Waals surface area contributed by atoms with Crippen LogP contribution in [-0.2, 0) is 4.79 Å². The number of nitrogens with one attached hydrogen (secondary N) is 2. The standard InChI is InChI=1S/C20H18F2N2O/c1-13(15-9-4-7-14-6-2-3-8-16(14)15)23-12-19(25)24-20-17(21)10-5-11-18(20)22/h2-11,13,23H,12H2,1H3,(H,24,25)/t13-/m0/s1. The van der Waals surface area contributed by atoms with Gasteiger partial charge in [-0.2, -0.15) is 0 Å². The summed E-state index contributed by atoms with van der Waals surface area (Å²) < 4.78 is 27.1. The van der Waals surface area contributed by atoms with E-state index in [0.717, 1.165) is 28.5 Å². The fraction of sp³-hybridized carbons (Fsp3) is 0.150. The average molecular weight is 340 g/mol. The van der Waals surface area contributed by atoms with E-state index in [0.29, 0.717) is 0 Å². The third kappa shape index (κ3) is 3.83. The minimum atomic E-state index is -0.796. The number of halogens is 2. The van der Waals surface area contributed by atoms with E-state index in [4.69, 9.17) is 0 Å². The first-order valence-corrected chi connectivity index (χ1v) is 8.01. The maximum Gasteiger partial charge on any atom is 0.238 e. The molecule has 5 heteroatoms. The van der Waals surface area contributed by atoms with Crippen LogP contribution in [0.25, 0.3) is 10.8 Å². The van der Waals surface area contributed by atoms with Gasteiger partial charge < -0.3 is 10.6 Å². The molecule has 25 heavy (non-hydrogen) atoms. The van der Waals surface area contributed by atoms with Crippen molar-refractivity contribution in [2.75, 3.05) is 11.9 Å². The van der Waals surface area contributed by atoms with Crippen LogP contribution in [0.4, 0.5) is 14.5 Å². The van der Waals surface area contributed by atoms with Crippen LogP contribution in [0.15, 0.2) is 60.7 Å². The largest absolute Gasteiger partial charge is 0.320 e. The van der Waals surface area contributed by atoms with Crippen molar-refractivity contribution in [3.05, 3.63) is 77.9 Å². The van der Waals surface area contributed by atoms with E-state index in [2.05, 4.69) is 10.6 Å². The fourth-order valence-electron chi connectivity index (χ4n) is 2.78. The lowest BCUT2D eigenvalue weighted by Crippen LogP contribution is -2.30. The zero-order chi connectivity index (χ0) is 17.8. The van der Waals surface area contributed by atoms with Crippen molar-refractivity contribution in [3.8, 4) is 0 Å². The quantitative estimate of drug-likeness (QED) is 0.722. The zero-order valence-corrected chi connectivity index (χ0v) is 13.7. The van der Waals surface area contributed by atoms with Crippen molar-refractivity contribution in [2.24, 2.45) is 0 Å². The van der Waals surface area contributed by atoms with Crippen LogP contribution in [-0.4, -0.2) is 12.5 Å². The molecule has 3 aromatic rings. The van der Waals surface area contributed by atoms with Gasteiger partial charge in [-0.05, 0) is 35.4 Å². The molecule has 1 atom stereocenters. The molecule has 128 valence electrons. The lowest BCUT2D eigenvalue weighted by atomic mass is 10.00. The van der Waals surface area contributed by atoms with Crippen molar-refractivity contribution in [1.29, 1.82) is 0 Å². The molecule has 0 aliphatic heterocycles. The van der Waals surface area contributed by atoms with Crippen molar-refractivity contribution >= 4 is 22.4 Å². The highest BCUT2D eigenvalue weighted by atomic mass is 19.1. The van der Waals surface area contributed by atoms with Gasteiger partial charge in [-0.25, -0.2) is 8.78 Å². The molecule has 0 radical (unpaired) electrons. The van der Waals surface area contributed by atoms with E-state index in [9.17, 15) is 13.6 Å². The Balaban J connectivity index is 1.67. The second-order valence-electron chi connectivity index (χ2n) is 5.82. The highest BCUT2D eigenvalue weighted by Gasteiger charge is 2.14. The summed E-state index contributed by atoms with van der Waals surface area (Å²) >= 11 is 0. The lowest BCUT2D eigenvalue weighted by Gasteiger charge is -2.16. The van der Waals surface area contributed by atoms with Crippen LogP contribution in [0.1, 0.15) is 18.5 Å². The maximum absolute atomic E-state index is 13.6. The molecule has 2 N–H and O–H groups in total. The van der Waals surface area contributed by atoms with Crippen LogP contribution < -0.4 is 10.6 Å². The van der Waals surface area contributed by atoms with Crippen molar-refractivity contribution in [1.82, 2.24) is 5.32 Å². The number of fused-ring (bicyclic) bond motifs is 1. The predicted octanol–water partition coefficient (Wildman–Crippen LogP) is 4.41. The number of benzene rings is 3. The summed E-state index contributed by atoms with van der Waals surface area (Å²) in [4.78, 5) is 12.0. The van der Waals surface area contributed by atoms with Gasteiger partial charge in [-0.3, -0.25) is 4.79 Å². The number of hydrogen-bond acceptors (Lipinski definition) is 2. The molecule has 3 nitrogen and oxygen atoms in total. The van der Waals surface area contributed by atoms with E-state index < -0.39 is 23.2 Å². The van der Waals surface area contributed by atoms with Crippen LogP contribution >= 0.6 is 0 Å². The normalized spacial score (nSPS) is 12.1. The van der Waals surface area contributed by atoms with Crippen molar-refractivity contribution in [2.45, 2.75) is 13.0 Å². The monoisotopic (exact) mass is 340 g/mol. The molecule has 3 rings (SSSR count). The highest BCUT2D eigenvalue weighted by Crippen LogP contribution is 2.24. The third-order valence-electron chi connectivity index (χ3n) is 4.09. The van der Waals surface area contributed by atoms with E-state index in [1.165, 1.54) is 6.07 Å². The van der Waals surface area contributed by atoms with E-state index in [1.54, 1.807) is 0 Å². The Labute approximate surface area is 144 Å². The van der Waals surface area contributed by atoms with Gasteiger partial charge in [0.1, 0.15) is 17.3 Å². The van der Waals surface area contributed by atoms with E-state index in [-0.39, 0.29) is 12.6 Å². The molecule has 0 saturated carbocycles. The lowest BCUT2D eigenvalue weighted by molar-refractivity contribution is -0.115. The van der Waals surface area contributed by atoms with Crippen LogP contribution in [0, 0.1) is 11.6 Å². The third-order valence-corrected chi connectivity index (χ3v) is 4.09. The zero-order valence-electron chi connectivity index (χ0n) is 13.7. The summed E-state index contributed by atoms with van der Waals surface area (Å²) in [6.07, 6.45) is 0. The second kappa shape index (κ2) is 7.40. The Morgan fingerprint density at radius 1 is 0.960 bits per heavy atom. The second-order valence-corrected chi connectivity index (χ2v) is 5.82. The molecule has 0 heterocycles. The summed E-state index contributed by atoms with van der Waals surface area (Å²) in [7, 11) is 0. The molecule has 0 fully saturated rings. The summed E-state index contributed by atoms with van der Waals surface area (Å²) in [5, 5.41) is 7.58. The summed E-state index contributed by atoms with van der Waals surface area (Å²) in [5.41, 5.74) is 0.634. The predicted molar refractivity (Wildman–Crippen MR) is 95.4 cm³/mol. The molecule has 0 bridgehead atoms. The van der Waals surface area contributed by atoms with Crippen LogP contribution in [0.5, 0.6) is 0 Å². The van der Waals surface area contributed by atoms with Gasteiger partial charge in [0, 0.05) is 6.04 Å². The number of anilines is 1. The van der Waals surface area contributed by atoms with E-state index in [1.807, 2.05) is 49.4 Å². The highest BCUT2D eigenvalue weighted by molar-refractivity contribution is 5.92. The number of hydrogen-bond donors (Lipinski definition) is 2. The van der Waals surface area contributed by atoms with Crippen LogP contribution in [0.2, 0.25) is 0 Å². The topological polar surface area (TPSA) is 41.1 Å². The minimum absolute atomic E-state index is 0.0574. The van der Waals surface area contributed by atoms with Gasteiger partial charge in [0.25, 0.3) is 0 Å². The summed E-state index contributed by atoms with van der Waals surface area (Å²) in [6, 6.07) is 17.3. The van der Waals surface area contributed by atoms with Gasteiger partial charge in [-0.1, -0.05) is 48.5 Å². The molecule has 0 aromatic heterocycles. The van der Waals surface area contributed by atoms with Gasteiger partial charge in [-0.15, -0.1) is 0 Å². The Morgan fingerprint density at radius 3 is 2.36 bits per heavy atom. The number of para-hydroxylation sites is 1. The maximum atomic E-state index is 13.6. The first-order valence-electron chi connectivity index (χ1n) is 8.01. The number of amides is 1. The summed E-state index contributed by atoms with van der Waals surface area (Å²) in [5.74, 6) is -2.10. The first kappa shape index (κ1) is 17.0. The molecule has 0 aliphatic rings. The Kier molecular flexibility index (Phi) is 5.05. The number of carbonyl (C=O) groups excluding carboxylic acids is 1. The molecule has 3 aromatic carbocycles. The molecular formula is C20H18F2N2O. The Morgan fingerprint density at radius 2 is 1.60 bits per heavy atom. The van der Waals surface area contributed by atoms with Gasteiger partial charge in [0.15, 0.2) is 0 Å². The van der Waals surface area contributed by atoms with E-state index >= 15 is 0 Å². The molecule has 1 amide bonds. The minimum Gasteiger partial charge on any atom is -0.320 e. The summed E-state index contributed by atoms with van der Waals surface area (Å²) in [6.45, 7) is 1.89. The Hall–Kier alpha value is -2.79. The molecule has 0 spiro atoms. The smallest absolute Gasteiger partial charge is 0.238 e. The van der Waals surface area contributed by atoms with Crippen molar-refractivity contribution in [3.63, 3.8) is 0 Å². The van der Waals surface area contributed by atoms with Gasteiger partial charge >= 0.3 is 0 Å². The average Bonchev–Trinajstić information content (AvgIpc) is 2.62. The Bertz CT molecular complexity index is 886. The molecule has 0 saturated heterocycles. The molecular weight excluding hydrogens is 322 g/mol.